The van der Waals surface area contributed by atoms with Gasteiger partial charge < -0.3 is 15.5 Å². The first-order chi connectivity index (χ1) is 9.21. The molecule has 0 aromatic carbocycles. The molecule has 0 fully saturated rings. The molecule has 0 unspecified atom stereocenters. The van der Waals surface area contributed by atoms with Gasteiger partial charge in [0.15, 0.2) is 11.6 Å². The number of hydrogen-bond acceptors (Lipinski definition) is 7. The highest BCUT2D eigenvalue weighted by Crippen LogP contribution is 2.15. The third-order valence-electron chi connectivity index (χ3n) is 2.33. The van der Waals surface area contributed by atoms with E-state index in [1.54, 1.807) is 10.7 Å². The molecule has 2 rings (SSSR count). The first kappa shape index (κ1) is 13.2. The summed E-state index contributed by atoms with van der Waals surface area (Å²) in [6.07, 6.45) is 1.84. The fraction of sp³-hybridized carbons (Fsp3) is 0.364. The summed E-state index contributed by atoms with van der Waals surface area (Å²) < 4.78 is 6.99. The normalized spacial score (nSPS) is 10.5. The van der Waals surface area contributed by atoms with Crippen LogP contribution in [0.15, 0.2) is 18.3 Å². The van der Waals surface area contributed by atoms with Gasteiger partial charge in [-0.05, 0) is 6.92 Å². The second-order valence-electron chi connectivity index (χ2n) is 3.84. The smallest absolute Gasteiger partial charge is 0.158 e. The molecule has 0 radical (unpaired) electrons. The summed E-state index contributed by atoms with van der Waals surface area (Å²) in [5.41, 5.74) is 2.50. The minimum absolute atomic E-state index is 0.336. The van der Waals surface area contributed by atoms with E-state index in [4.69, 9.17) is 10.6 Å². The van der Waals surface area contributed by atoms with Gasteiger partial charge in [-0.2, -0.15) is 5.10 Å². The maximum absolute atomic E-state index is 5.39. The van der Waals surface area contributed by atoms with Gasteiger partial charge in [0.05, 0.1) is 0 Å². The molecule has 0 atom stereocenters. The molecule has 8 heteroatoms. The lowest BCUT2D eigenvalue weighted by molar-refractivity contribution is 0.128. The molecular formula is C11H17N7O. The van der Waals surface area contributed by atoms with E-state index in [2.05, 4.69) is 25.8 Å². The number of aromatic nitrogens is 4. The number of hydrazine groups is 1. The monoisotopic (exact) mass is 263 g/mol. The zero-order valence-electron chi connectivity index (χ0n) is 10.9. The van der Waals surface area contributed by atoms with Crippen LogP contribution in [0.5, 0.6) is 0 Å². The van der Waals surface area contributed by atoms with Crippen LogP contribution in [0, 0.1) is 0 Å². The van der Waals surface area contributed by atoms with Crippen LogP contribution in [0.25, 0.3) is 0 Å². The molecule has 8 nitrogen and oxygen atoms in total. The van der Waals surface area contributed by atoms with Crippen molar-refractivity contribution < 1.29 is 4.74 Å². The molecule has 0 saturated carbocycles. The minimum Gasteiger partial charge on any atom is -0.374 e. The average molecular weight is 263 g/mol. The molecule has 2 aromatic heterocycles. The molecule has 0 saturated heterocycles. The van der Waals surface area contributed by atoms with Crippen LogP contribution < -0.4 is 16.6 Å². The van der Waals surface area contributed by atoms with E-state index in [0.29, 0.717) is 36.5 Å². The van der Waals surface area contributed by atoms with Gasteiger partial charge in [-0.1, -0.05) is 0 Å². The molecule has 19 heavy (non-hydrogen) atoms. The summed E-state index contributed by atoms with van der Waals surface area (Å²) in [6.45, 7) is 2.85. The fourth-order valence-electron chi connectivity index (χ4n) is 1.51. The van der Waals surface area contributed by atoms with Gasteiger partial charge in [-0.25, -0.2) is 15.8 Å². The molecule has 0 bridgehead atoms. The lowest BCUT2D eigenvalue weighted by atomic mass is 10.4. The Morgan fingerprint density at radius 2 is 2.11 bits per heavy atom. The van der Waals surface area contributed by atoms with Crippen LogP contribution in [0.4, 0.5) is 17.5 Å². The Labute approximate surface area is 111 Å². The lowest BCUT2D eigenvalue weighted by Crippen LogP contribution is -2.12. The van der Waals surface area contributed by atoms with Crippen molar-refractivity contribution in [3.63, 3.8) is 0 Å². The van der Waals surface area contributed by atoms with Crippen molar-refractivity contribution in [3.8, 4) is 0 Å². The number of nitrogens with one attached hydrogen (secondary N) is 2. The van der Waals surface area contributed by atoms with Gasteiger partial charge >= 0.3 is 0 Å². The number of rotatable bonds is 6. The van der Waals surface area contributed by atoms with Crippen LogP contribution >= 0.6 is 0 Å². The molecule has 0 amide bonds. The van der Waals surface area contributed by atoms with Gasteiger partial charge in [0.2, 0.25) is 0 Å². The van der Waals surface area contributed by atoms with Crippen molar-refractivity contribution in [1.82, 2.24) is 19.7 Å². The standard InChI is InChI=1S/C11H17N7O/c1-3-19-7-11-14-9(6-10(15-11)16-12)13-8-4-5-18(2)17-8/h4-6H,3,7,12H2,1-2H3,(H2,13,14,15,16,17). The topological polar surface area (TPSA) is 103 Å². The van der Waals surface area contributed by atoms with E-state index >= 15 is 0 Å². The summed E-state index contributed by atoms with van der Waals surface area (Å²) in [6, 6.07) is 3.55. The van der Waals surface area contributed by atoms with Crippen LogP contribution in [-0.2, 0) is 18.4 Å². The molecule has 2 heterocycles. The Morgan fingerprint density at radius 1 is 1.32 bits per heavy atom. The highest BCUT2D eigenvalue weighted by atomic mass is 16.5. The number of aryl methyl sites for hydroxylation is 1. The number of nitrogens with two attached hydrogens (primary N) is 1. The number of hydrogen-bond donors (Lipinski definition) is 3. The Kier molecular flexibility index (Phi) is 4.26. The second-order valence-corrected chi connectivity index (χ2v) is 3.84. The van der Waals surface area contributed by atoms with E-state index in [0.717, 1.165) is 0 Å². The van der Waals surface area contributed by atoms with Crippen LogP contribution in [0.2, 0.25) is 0 Å². The largest absolute Gasteiger partial charge is 0.374 e. The predicted molar refractivity (Wildman–Crippen MR) is 71.7 cm³/mol. The maximum atomic E-state index is 5.39. The first-order valence-corrected chi connectivity index (χ1v) is 5.90. The van der Waals surface area contributed by atoms with Gasteiger partial charge in [0, 0.05) is 32.0 Å². The van der Waals surface area contributed by atoms with Crippen molar-refractivity contribution in [2.45, 2.75) is 13.5 Å². The highest BCUT2D eigenvalue weighted by molar-refractivity contribution is 5.55. The van der Waals surface area contributed by atoms with E-state index < -0.39 is 0 Å². The summed E-state index contributed by atoms with van der Waals surface area (Å²) in [5, 5.41) is 7.30. The minimum atomic E-state index is 0.336. The average Bonchev–Trinajstić information content (AvgIpc) is 2.81. The van der Waals surface area contributed by atoms with Crippen LogP contribution in [-0.4, -0.2) is 26.4 Å². The third kappa shape index (κ3) is 3.63. The highest BCUT2D eigenvalue weighted by Gasteiger charge is 2.05. The van der Waals surface area contributed by atoms with Gasteiger partial charge in [0.1, 0.15) is 18.2 Å². The summed E-state index contributed by atoms with van der Waals surface area (Å²) in [4.78, 5) is 8.53. The quantitative estimate of drug-likeness (QED) is 0.522. The zero-order chi connectivity index (χ0) is 13.7. The third-order valence-corrected chi connectivity index (χ3v) is 2.33. The van der Waals surface area contributed by atoms with Crippen LogP contribution in [0.1, 0.15) is 12.7 Å². The van der Waals surface area contributed by atoms with Gasteiger partial charge in [-0.15, -0.1) is 0 Å². The molecule has 0 aliphatic rings. The maximum Gasteiger partial charge on any atom is 0.158 e. The Balaban J connectivity index is 2.18. The van der Waals surface area contributed by atoms with Gasteiger partial charge in [-0.3, -0.25) is 4.68 Å². The number of anilines is 3. The number of nitrogen functional groups attached to an aromatic ring is 1. The number of ether oxygens (including phenoxy) is 1. The lowest BCUT2D eigenvalue weighted by Gasteiger charge is -2.08. The molecule has 4 N–H and O–H groups in total. The first-order valence-electron chi connectivity index (χ1n) is 5.90. The molecule has 2 aromatic rings. The van der Waals surface area contributed by atoms with Crippen molar-refractivity contribution in [2.24, 2.45) is 12.9 Å². The second kappa shape index (κ2) is 6.12. The molecular weight excluding hydrogens is 246 g/mol. The predicted octanol–water partition coefficient (Wildman–Crippen LogP) is 0.776. The van der Waals surface area contributed by atoms with E-state index in [1.807, 2.05) is 26.2 Å². The van der Waals surface area contributed by atoms with E-state index in [9.17, 15) is 0 Å². The molecule has 0 aliphatic heterocycles. The Hall–Kier alpha value is -2.19. The van der Waals surface area contributed by atoms with Crippen molar-refractivity contribution >= 4 is 17.5 Å². The van der Waals surface area contributed by atoms with Crippen LogP contribution in [0.3, 0.4) is 0 Å². The van der Waals surface area contributed by atoms with Crippen molar-refractivity contribution in [3.05, 3.63) is 24.2 Å². The van der Waals surface area contributed by atoms with Crippen molar-refractivity contribution in [2.75, 3.05) is 17.3 Å². The summed E-state index contributed by atoms with van der Waals surface area (Å²) in [5.74, 6) is 7.76. The SMILES string of the molecule is CCOCc1nc(NN)cc(Nc2ccn(C)n2)n1. The summed E-state index contributed by atoms with van der Waals surface area (Å²) in [7, 11) is 1.85. The number of nitrogens with zero attached hydrogens (tertiary/aromatic N) is 4. The summed E-state index contributed by atoms with van der Waals surface area (Å²) >= 11 is 0. The zero-order valence-corrected chi connectivity index (χ0v) is 10.9. The fourth-order valence-corrected chi connectivity index (χ4v) is 1.51. The van der Waals surface area contributed by atoms with Gasteiger partial charge in [0.25, 0.3) is 0 Å². The molecule has 102 valence electrons. The molecule has 0 spiro atoms. The Morgan fingerprint density at radius 3 is 2.74 bits per heavy atom. The molecule has 0 aliphatic carbocycles. The Bertz CT molecular complexity index is 540. The van der Waals surface area contributed by atoms with E-state index in [-0.39, 0.29) is 0 Å². The van der Waals surface area contributed by atoms with E-state index in [1.165, 1.54) is 0 Å². The van der Waals surface area contributed by atoms with Crippen molar-refractivity contribution in [1.29, 1.82) is 0 Å².